The highest BCUT2D eigenvalue weighted by molar-refractivity contribution is 5.98. The maximum Gasteiger partial charge on any atom is 0.490 e. The zero-order valence-corrected chi connectivity index (χ0v) is 20.3. The molecule has 1 aromatic rings. The van der Waals surface area contributed by atoms with Crippen molar-refractivity contribution >= 4 is 17.7 Å². The fraction of sp³-hybridized carbons (Fsp3) is 0.640. The molecule has 1 fully saturated rings. The highest BCUT2D eigenvalue weighted by Gasteiger charge is 2.39. The van der Waals surface area contributed by atoms with Gasteiger partial charge in [-0.1, -0.05) is 12.1 Å². The van der Waals surface area contributed by atoms with Crippen LogP contribution in [0.2, 0.25) is 0 Å². The molecule has 1 heterocycles. The summed E-state index contributed by atoms with van der Waals surface area (Å²) in [5.41, 5.74) is 3.45. The summed E-state index contributed by atoms with van der Waals surface area (Å²) in [6.45, 7) is 8.69. The molecule has 1 saturated heterocycles. The zero-order chi connectivity index (χ0) is 25.7. The van der Waals surface area contributed by atoms with Crippen LogP contribution in [0.25, 0.3) is 0 Å². The Morgan fingerprint density at radius 1 is 1.00 bits per heavy atom. The molecule has 0 radical (unpaired) electrons. The number of ketones is 1. The molecule has 0 spiro atoms. The van der Waals surface area contributed by atoms with E-state index >= 15 is 0 Å². The number of carbonyl (C=O) groups excluding carboxylic acids is 2. The van der Waals surface area contributed by atoms with Crippen LogP contribution in [0.15, 0.2) is 18.2 Å². The van der Waals surface area contributed by atoms with Crippen LogP contribution in [0, 0.1) is 0 Å². The minimum absolute atomic E-state index is 0.00134. The van der Waals surface area contributed by atoms with Gasteiger partial charge in [-0.15, -0.1) is 0 Å². The first-order valence-electron chi connectivity index (χ1n) is 11.6. The third-order valence-electron chi connectivity index (χ3n) is 6.05. The molecule has 0 aromatic heterocycles. The number of piperidine rings is 1. The van der Waals surface area contributed by atoms with E-state index in [2.05, 4.69) is 44.4 Å². The maximum absolute atomic E-state index is 12.5. The number of rotatable bonds is 5. The lowest BCUT2D eigenvalue weighted by atomic mass is 9.79. The summed E-state index contributed by atoms with van der Waals surface area (Å²) in [6.07, 6.45) is 1.90. The van der Waals surface area contributed by atoms with Crippen LogP contribution in [0.4, 0.5) is 13.2 Å². The molecular formula is C25H35F3N2O4. The summed E-state index contributed by atoms with van der Waals surface area (Å²) in [5, 5.41) is 13.9. The summed E-state index contributed by atoms with van der Waals surface area (Å²) in [7, 11) is 0. The molecule has 3 N–H and O–H groups in total. The van der Waals surface area contributed by atoms with E-state index in [9.17, 15) is 22.8 Å². The molecule has 1 aromatic carbocycles. The van der Waals surface area contributed by atoms with Crippen LogP contribution in [0.5, 0.6) is 0 Å². The van der Waals surface area contributed by atoms with Gasteiger partial charge in [0.25, 0.3) is 0 Å². The zero-order valence-electron chi connectivity index (χ0n) is 20.3. The molecule has 3 rings (SSSR count). The Labute approximate surface area is 198 Å². The van der Waals surface area contributed by atoms with Crippen LogP contribution < -0.4 is 10.6 Å². The molecule has 1 aliphatic heterocycles. The molecule has 9 heteroatoms. The summed E-state index contributed by atoms with van der Waals surface area (Å²) in [6, 6.07) is 6.23. The number of benzene rings is 1. The van der Waals surface area contributed by atoms with Gasteiger partial charge in [-0.2, -0.15) is 13.2 Å². The van der Waals surface area contributed by atoms with Crippen molar-refractivity contribution in [2.45, 2.75) is 102 Å². The van der Waals surface area contributed by atoms with Crippen molar-refractivity contribution in [1.82, 2.24) is 10.6 Å². The highest BCUT2D eigenvalue weighted by Crippen LogP contribution is 2.28. The number of carboxylic acids is 1. The van der Waals surface area contributed by atoms with Gasteiger partial charge in [-0.05, 0) is 83.4 Å². The number of Topliss-reactive ketones (excluding diaryl/α,β-unsaturated/α-hetero) is 1. The van der Waals surface area contributed by atoms with Crippen molar-refractivity contribution in [3.05, 3.63) is 34.9 Å². The van der Waals surface area contributed by atoms with E-state index in [1.54, 1.807) is 0 Å². The van der Waals surface area contributed by atoms with Crippen LogP contribution in [-0.2, 0) is 22.4 Å². The third kappa shape index (κ3) is 8.74. The van der Waals surface area contributed by atoms with E-state index < -0.39 is 12.1 Å². The van der Waals surface area contributed by atoms with E-state index in [0.717, 1.165) is 31.2 Å². The van der Waals surface area contributed by atoms with Gasteiger partial charge < -0.3 is 15.7 Å². The number of hydrogen-bond donors (Lipinski definition) is 3. The van der Waals surface area contributed by atoms with Gasteiger partial charge in [-0.25, -0.2) is 4.79 Å². The predicted octanol–water partition coefficient (Wildman–Crippen LogP) is 4.59. The topological polar surface area (TPSA) is 95.5 Å². The third-order valence-corrected chi connectivity index (χ3v) is 6.05. The first-order valence-corrected chi connectivity index (χ1v) is 11.6. The Balaban J connectivity index is 0.000000509. The number of carboxylic acid groups (broad SMARTS) is 1. The molecular weight excluding hydrogens is 449 g/mol. The number of carbonyl (C=O) groups is 3. The fourth-order valence-electron chi connectivity index (χ4n) is 5.00. The molecule has 0 bridgehead atoms. The summed E-state index contributed by atoms with van der Waals surface area (Å²) in [4.78, 5) is 33.9. The second-order valence-electron chi connectivity index (χ2n) is 10.5. The van der Waals surface area contributed by atoms with Crippen LogP contribution >= 0.6 is 0 Å². The molecule has 190 valence electrons. The van der Waals surface area contributed by atoms with E-state index in [-0.39, 0.29) is 41.7 Å². The van der Waals surface area contributed by atoms with E-state index in [1.165, 1.54) is 24.0 Å². The average Bonchev–Trinajstić information content (AvgIpc) is 2.69. The monoisotopic (exact) mass is 484 g/mol. The number of aliphatic carboxylic acids is 1. The summed E-state index contributed by atoms with van der Waals surface area (Å²) < 4.78 is 31.7. The number of fused-ring (bicyclic) bond motifs is 1. The van der Waals surface area contributed by atoms with Crippen LogP contribution in [0.1, 0.15) is 87.7 Å². The average molecular weight is 485 g/mol. The molecule has 0 unspecified atom stereocenters. The van der Waals surface area contributed by atoms with Crippen molar-refractivity contribution in [2.24, 2.45) is 0 Å². The molecule has 0 saturated carbocycles. The number of hydrogen-bond acceptors (Lipinski definition) is 4. The maximum atomic E-state index is 12.5. The highest BCUT2D eigenvalue weighted by atomic mass is 19.4. The molecule has 34 heavy (non-hydrogen) atoms. The Hall–Kier alpha value is -2.42. The number of halogens is 3. The van der Waals surface area contributed by atoms with E-state index in [0.29, 0.717) is 0 Å². The SMILES string of the molecule is CC1(C)CC(NC(=O)CCC(=O)c2ccc3c(c2)CCCC3)CC(C)(C)N1.O=C(O)C(F)(F)F. The van der Waals surface area contributed by atoms with Gasteiger partial charge in [0.2, 0.25) is 5.91 Å². The van der Waals surface area contributed by atoms with Gasteiger partial charge in [-0.3, -0.25) is 9.59 Å². The van der Waals surface area contributed by atoms with Gasteiger partial charge in [0, 0.05) is 35.5 Å². The Kier molecular flexibility index (Phi) is 8.91. The van der Waals surface area contributed by atoms with Gasteiger partial charge in [0.05, 0.1) is 0 Å². The lowest BCUT2D eigenvalue weighted by molar-refractivity contribution is -0.192. The quantitative estimate of drug-likeness (QED) is 0.532. The first-order chi connectivity index (χ1) is 15.6. The van der Waals surface area contributed by atoms with Crippen LogP contribution in [-0.4, -0.2) is 46.1 Å². The minimum atomic E-state index is -5.08. The second kappa shape index (κ2) is 10.9. The van der Waals surface area contributed by atoms with Crippen molar-refractivity contribution in [3.63, 3.8) is 0 Å². The van der Waals surface area contributed by atoms with E-state index in [4.69, 9.17) is 9.90 Å². The van der Waals surface area contributed by atoms with Crippen molar-refractivity contribution in [1.29, 1.82) is 0 Å². The molecule has 0 atom stereocenters. The van der Waals surface area contributed by atoms with E-state index in [1.807, 2.05) is 12.1 Å². The normalized spacial score (nSPS) is 19.3. The van der Waals surface area contributed by atoms with Gasteiger partial charge >= 0.3 is 12.1 Å². The van der Waals surface area contributed by atoms with Crippen LogP contribution in [0.3, 0.4) is 0 Å². The predicted molar refractivity (Wildman–Crippen MR) is 123 cm³/mol. The van der Waals surface area contributed by atoms with Crippen molar-refractivity contribution in [3.8, 4) is 0 Å². The Morgan fingerprint density at radius 2 is 1.53 bits per heavy atom. The number of aryl methyl sites for hydroxylation is 2. The van der Waals surface area contributed by atoms with Crippen molar-refractivity contribution < 1.29 is 32.7 Å². The Bertz CT molecular complexity index is 894. The Morgan fingerprint density at radius 3 is 2.06 bits per heavy atom. The minimum Gasteiger partial charge on any atom is -0.475 e. The summed E-state index contributed by atoms with van der Waals surface area (Å²) in [5.74, 6) is -2.70. The molecule has 1 amide bonds. The van der Waals surface area contributed by atoms with Crippen molar-refractivity contribution in [2.75, 3.05) is 0 Å². The standard InChI is InChI=1S/C23H34N2O2.C2HF3O2/c1-22(2)14-19(15-23(3,4)25-22)24-21(27)12-11-20(26)18-10-9-16-7-5-6-8-17(16)13-18;3-2(4,5)1(6)7/h9-10,13,19,25H,5-8,11-12,14-15H2,1-4H3,(H,24,27);(H,6,7). The summed E-state index contributed by atoms with van der Waals surface area (Å²) >= 11 is 0. The second-order valence-corrected chi connectivity index (χ2v) is 10.5. The number of amides is 1. The lowest BCUT2D eigenvalue weighted by Gasteiger charge is -2.46. The van der Waals surface area contributed by atoms with Gasteiger partial charge in [0.15, 0.2) is 5.78 Å². The fourth-order valence-corrected chi connectivity index (χ4v) is 5.00. The van der Waals surface area contributed by atoms with Gasteiger partial charge in [0.1, 0.15) is 0 Å². The molecule has 1 aliphatic carbocycles. The first kappa shape index (κ1) is 27.8. The lowest BCUT2D eigenvalue weighted by Crippen LogP contribution is -2.62. The largest absolute Gasteiger partial charge is 0.490 e. The number of nitrogens with one attached hydrogen (secondary N) is 2. The number of alkyl halides is 3. The molecule has 2 aliphatic rings. The smallest absolute Gasteiger partial charge is 0.475 e. The molecule has 6 nitrogen and oxygen atoms in total.